The lowest BCUT2D eigenvalue weighted by Gasteiger charge is -2.10. The van der Waals surface area contributed by atoms with Crippen molar-refractivity contribution < 1.29 is 28.0 Å². The van der Waals surface area contributed by atoms with Gasteiger partial charge in [0.15, 0.2) is 6.10 Å². The molecule has 0 aliphatic heterocycles. The van der Waals surface area contributed by atoms with Crippen molar-refractivity contribution in [3.8, 4) is 17.1 Å². The van der Waals surface area contributed by atoms with Gasteiger partial charge in [-0.15, -0.1) is 0 Å². The van der Waals surface area contributed by atoms with E-state index >= 15 is 0 Å². The van der Waals surface area contributed by atoms with Crippen molar-refractivity contribution >= 4 is 11.9 Å². The lowest BCUT2D eigenvalue weighted by Crippen LogP contribution is -2.31. The maximum absolute atomic E-state index is 13.8. The van der Waals surface area contributed by atoms with E-state index < -0.39 is 18.0 Å². The molecule has 0 fully saturated rings. The van der Waals surface area contributed by atoms with E-state index in [4.69, 9.17) is 14.0 Å². The molecule has 33 heavy (non-hydrogen) atoms. The lowest BCUT2D eigenvalue weighted by molar-refractivity contribution is -0.148. The zero-order valence-corrected chi connectivity index (χ0v) is 18.8. The number of aromatic nitrogens is 2. The number of aryl methyl sites for hydroxylation is 1. The number of carbonyl (C=O) groups is 2. The highest BCUT2D eigenvalue weighted by atomic mass is 19.1. The van der Waals surface area contributed by atoms with Crippen molar-refractivity contribution in [3.63, 3.8) is 0 Å². The Morgan fingerprint density at radius 2 is 1.94 bits per heavy atom. The van der Waals surface area contributed by atoms with Gasteiger partial charge in [0.25, 0.3) is 11.8 Å². The summed E-state index contributed by atoms with van der Waals surface area (Å²) in [4.78, 5) is 28.5. The highest BCUT2D eigenvalue weighted by Gasteiger charge is 2.20. The molecule has 174 valence electrons. The quantitative estimate of drug-likeness (QED) is 0.357. The Bertz CT molecular complexity index is 1100. The number of amides is 1. The molecule has 0 radical (unpaired) electrons. The fourth-order valence-corrected chi connectivity index (χ4v) is 2.83. The van der Waals surface area contributed by atoms with Gasteiger partial charge in [-0.1, -0.05) is 30.6 Å². The molecule has 1 amide bonds. The summed E-state index contributed by atoms with van der Waals surface area (Å²) in [6.45, 7) is 5.58. The van der Waals surface area contributed by atoms with E-state index in [9.17, 15) is 14.0 Å². The first-order chi connectivity index (χ1) is 15.9. The topological polar surface area (TPSA) is 104 Å². The average molecular weight is 455 g/mol. The average Bonchev–Trinajstić information content (AvgIpc) is 3.30. The second-order valence-electron chi connectivity index (χ2n) is 7.46. The van der Waals surface area contributed by atoms with Crippen LogP contribution in [0.3, 0.4) is 0 Å². The number of unbranched alkanes of at least 4 members (excludes halogenated alkanes) is 1. The number of benzene rings is 2. The largest absolute Gasteiger partial charge is 0.494 e. The Labute approximate surface area is 191 Å². The van der Waals surface area contributed by atoms with Crippen LogP contribution in [0.15, 0.2) is 47.0 Å². The Balaban J connectivity index is 1.49. The summed E-state index contributed by atoms with van der Waals surface area (Å²) in [5.41, 5.74) is 1.34. The van der Waals surface area contributed by atoms with Crippen molar-refractivity contribution in [2.24, 2.45) is 0 Å². The summed E-state index contributed by atoms with van der Waals surface area (Å²) >= 11 is 0. The van der Waals surface area contributed by atoms with Gasteiger partial charge in [0.1, 0.15) is 18.1 Å². The molecule has 0 aliphatic carbocycles. The number of nitrogens with one attached hydrogen (secondary N) is 1. The first kappa shape index (κ1) is 23.9. The van der Waals surface area contributed by atoms with Gasteiger partial charge in [0.2, 0.25) is 5.82 Å². The van der Waals surface area contributed by atoms with E-state index in [2.05, 4.69) is 22.4 Å². The molecule has 2 aromatic carbocycles. The minimum Gasteiger partial charge on any atom is -0.494 e. The number of ether oxygens (including phenoxy) is 2. The first-order valence-electron chi connectivity index (χ1n) is 10.7. The van der Waals surface area contributed by atoms with Crippen LogP contribution in [0.25, 0.3) is 11.4 Å². The van der Waals surface area contributed by atoms with Gasteiger partial charge in [-0.05, 0) is 56.2 Å². The molecule has 1 unspecified atom stereocenters. The van der Waals surface area contributed by atoms with Crippen molar-refractivity contribution in [2.45, 2.75) is 39.7 Å². The minimum absolute atomic E-state index is 0.0596. The Morgan fingerprint density at radius 1 is 1.18 bits per heavy atom. The molecule has 0 saturated heterocycles. The summed E-state index contributed by atoms with van der Waals surface area (Å²) < 4.78 is 29.7. The predicted octanol–water partition coefficient (Wildman–Crippen LogP) is 4.40. The van der Waals surface area contributed by atoms with Crippen LogP contribution in [0, 0.1) is 12.7 Å². The van der Waals surface area contributed by atoms with Crippen LogP contribution in [0.5, 0.6) is 5.75 Å². The Hall–Kier alpha value is -3.75. The van der Waals surface area contributed by atoms with Crippen LogP contribution >= 0.6 is 0 Å². The number of halogens is 1. The van der Waals surface area contributed by atoms with Crippen LogP contribution < -0.4 is 10.1 Å². The smallest absolute Gasteiger partial charge is 0.326 e. The number of esters is 1. The van der Waals surface area contributed by atoms with Gasteiger partial charge in [-0.3, -0.25) is 9.59 Å². The Kier molecular flexibility index (Phi) is 8.12. The zero-order chi connectivity index (χ0) is 23.8. The van der Waals surface area contributed by atoms with Gasteiger partial charge >= 0.3 is 5.97 Å². The van der Waals surface area contributed by atoms with Crippen LogP contribution in [-0.2, 0) is 9.53 Å². The number of carbonyl (C=O) groups excluding carboxylic acids is 2. The van der Waals surface area contributed by atoms with E-state index in [1.165, 1.54) is 6.07 Å². The van der Waals surface area contributed by atoms with Crippen molar-refractivity contribution in [1.29, 1.82) is 0 Å². The Morgan fingerprint density at radius 3 is 2.64 bits per heavy atom. The molecule has 8 nitrogen and oxygen atoms in total. The van der Waals surface area contributed by atoms with E-state index in [0.29, 0.717) is 29.0 Å². The molecule has 1 N–H and O–H groups in total. The summed E-state index contributed by atoms with van der Waals surface area (Å²) in [5, 5.41) is 6.31. The molecule has 0 bridgehead atoms. The van der Waals surface area contributed by atoms with Gasteiger partial charge < -0.3 is 19.3 Å². The third-order valence-corrected chi connectivity index (χ3v) is 4.80. The molecule has 1 aromatic heterocycles. The maximum atomic E-state index is 13.8. The van der Waals surface area contributed by atoms with Crippen molar-refractivity contribution in [2.75, 3.05) is 13.2 Å². The number of nitrogens with zero attached hydrogens (tertiary/aromatic N) is 2. The second-order valence-corrected chi connectivity index (χ2v) is 7.46. The van der Waals surface area contributed by atoms with Gasteiger partial charge in [-0.2, -0.15) is 4.98 Å². The van der Waals surface area contributed by atoms with Crippen LogP contribution in [0.4, 0.5) is 4.39 Å². The highest BCUT2D eigenvalue weighted by molar-refractivity contribution is 5.96. The molecule has 3 aromatic rings. The maximum Gasteiger partial charge on any atom is 0.326 e. The van der Waals surface area contributed by atoms with E-state index in [1.54, 1.807) is 50.2 Å². The van der Waals surface area contributed by atoms with Crippen molar-refractivity contribution in [1.82, 2.24) is 15.5 Å². The molecule has 1 heterocycles. The zero-order valence-electron chi connectivity index (χ0n) is 18.8. The van der Waals surface area contributed by atoms with Gasteiger partial charge in [0, 0.05) is 11.1 Å². The van der Waals surface area contributed by atoms with Gasteiger partial charge in [-0.25, -0.2) is 4.39 Å². The fraction of sp³-hybridized carbons (Fsp3) is 0.333. The fourth-order valence-electron chi connectivity index (χ4n) is 2.83. The van der Waals surface area contributed by atoms with Crippen LogP contribution in [0.1, 0.15) is 54.6 Å². The molecule has 1 atom stereocenters. The normalized spacial score (nSPS) is 11.6. The number of rotatable bonds is 10. The molecule has 0 saturated carbocycles. The van der Waals surface area contributed by atoms with Gasteiger partial charge in [0.05, 0.1) is 6.61 Å². The monoisotopic (exact) mass is 455 g/mol. The van der Waals surface area contributed by atoms with Crippen LogP contribution in [-0.4, -0.2) is 35.2 Å². The van der Waals surface area contributed by atoms with Crippen molar-refractivity contribution in [3.05, 3.63) is 65.3 Å². The summed E-state index contributed by atoms with van der Waals surface area (Å²) in [7, 11) is 0. The summed E-state index contributed by atoms with van der Waals surface area (Å²) in [6, 6.07) is 11.2. The molecule has 9 heteroatoms. The third-order valence-electron chi connectivity index (χ3n) is 4.80. The van der Waals surface area contributed by atoms with E-state index in [-0.39, 0.29) is 24.1 Å². The van der Waals surface area contributed by atoms with E-state index in [1.807, 2.05) is 0 Å². The molecule has 3 rings (SSSR count). The molecular formula is C24H26FN3O5. The molecular weight excluding hydrogens is 429 g/mol. The number of hydrogen-bond acceptors (Lipinski definition) is 7. The SMILES string of the molecule is CCCCOc1ccc(C(=O)NCC(=O)OC(C)c2nc(-c3ccc(C)c(F)c3)no2)cc1. The molecule has 0 spiro atoms. The molecule has 0 aliphatic rings. The predicted molar refractivity (Wildman–Crippen MR) is 118 cm³/mol. The summed E-state index contributed by atoms with van der Waals surface area (Å²) in [5.74, 6) is -0.544. The second kappa shape index (κ2) is 11.2. The minimum atomic E-state index is -0.842. The standard InChI is InChI=1S/C24H26FN3O5/c1-4-5-12-31-19-10-8-17(9-11-19)23(30)26-14-21(29)32-16(3)24-27-22(28-33-24)18-7-6-15(2)20(25)13-18/h6-11,13,16H,4-5,12,14H2,1-3H3,(H,26,30). The van der Waals surface area contributed by atoms with Crippen LogP contribution in [0.2, 0.25) is 0 Å². The highest BCUT2D eigenvalue weighted by Crippen LogP contribution is 2.22. The third kappa shape index (κ3) is 6.61. The first-order valence-corrected chi connectivity index (χ1v) is 10.7. The number of hydrogen-bond donors (Lipinski definition) is 1. The van der Waals surface area contributed by atoms with E-state index in [0.717, 1.165) is 12.8 Å². The lowest BCUT2D eigenvalue weighted by atomic mass is 10.1. The summed E-state index contributed by atoms with van der Waals surface area (Å²) in [6.07, 6.45) is 1.15.